The van der Waals surface area contributed by atoms with Gasteiger partial charge in [-0.15, -0.1) is 0 Å². The van der Waals surface area contributed by atoms with Crippen LogP contribution in [0.2, 0.25) is 5.02 Å². The highest BCUT2D eigenvalue weighted by Gasteiger charge is 2.48. The van der Waals surface area contributed by atoms with Gasteiger partial charge in [0.05, 0.1) is 5.92 Å². The average molecular weight is 277 g/mol. The van der Waals surface area contributed by atoms with Crippen LogP contribution in [0.5, 0.6) is 0 Å². The third-order valence-electron chi connectivity index (χ3n) is 2.95. The fraction of sp³-hybridized carbons (Fsp3) is 0.364. The molecule has 7 heteroatoms. The number of fused-ring (bicyclic) bond motifs is 1. The van der Waals surface area contributed by atoms with E-state index in [9.17, 15) is 13.2 Å². The van der Waals surface area contributed by atoms with Crippen LogP contribution in [0.3, 0.4) is 0 Å². The number of hydrogen-bond acceptors (Lipinski definition) is 3. The van der Waals surface area contributed by atoms with Gasteiger partial charge in [0.1, 0.15) is 5.52 Å². The van der Waals surface area contributed by atoms with E-state index in [-0.39, 0.29) is 19.1 Å². The molecule has 1 fully saturated rings. The van der Waals surface area contributed by atoms with Gasteiger partial charge in [-0.1, -0.05) is 11.6 Å². The van der Waals surface area contributed by atoms with Crippen LogP contribution in [-0.4, -0.2) is 24.2 Å². The lowest BCUT2D eigenvalue weighted by Gasteiger charge is -2.38. The zero-order chi connectivity index (χ0) is 12.9. The van der Waals surface area contributed by atoms with E-state index in [1.807, 2.05) is 0 Å². The van der Waals surface area contributed by atoms with Gasteiger partial charge in [-0.25, -0.2) is 0 Å². The molecule has 18 heavy (non-hydrogen) atoms. The topological polar surface area (TPSA) is 29.3 Å². The lowest BCUT2D eigenvalue weighted by Crippen LogP contribution is -2.53. The predicted octanol–water partition coefficient (Wildman–Crippen LogP) is 3.48. The molecule has 0 aliphatic carbocycles. The molecule has 0 N–H and O–H groups in total. The van der Waals surface area contributed by atoms with Crippen LogP contribution >= 0.6 is 11.6 Å². The molecule has 0 saturated carbocycles. The van der Waals surface area contributed by atoms with Crippen molar-refractivity contribution in [1.29, 1.82) is 0 Å². The number of hydrogen-bond donors (Lipinski definition) is 0. The van der Waals surface area contributed by atoms with E-state index < -0.39 is 12.1 Å². The predicted molar refractivity (Wildman–Crippen MR) is 60.8 cm³/mol. The fourth-order valence-corrected chi connectivity index (χ4v) is 2.03. The van der Waals surface area contributed by atoms with Gasteiger partial charge in [-0.05, 0) is 18.2 Å². The van der Waals surface area contributed by atoms with Crippen LogP contribution in [0.4, 0.5) is 19.2 Å². The number of aromatic nitrogens is 1. The van der Waals surface area contributed by atoms with E-state index in [0.29, 0.717) is 16.1 Å². The molecule has 2 heterocycles. The molecular weight excluding hydrogens is 269 g/mol. The minimum atomic E-state index is -4.15. The Morgan fingerprint density at radius 3 is 2.72 bits per heavy atom. The molecule has 96 valence electrons. The Morgan fingerprint density at radius 1 is 1.33 bits per heavy atom. The zero-order valence-corrected chi connectivity index (χ0v) is 9.79. The maximum atomic E-state index is 12.4. The summed E-state index contributed by atoms with van der Waals surface area (Å²) in [6, 6.07) is 5.13. The van der Waals surface area contributed by atoms with Gasteiger partial charge in [-0.3, -0.25) is 0 Å². The lowest BCUT2D eigenvalue weighted by molar-refractivity contribution is -0.180. The summed E-state index contributed by atoms with van der Waals surface area (Å²) in [4.78, 5) is 5.58. The van der Waals surface area contributed by atoms with Crippen LogP contribution in [-0.2, 0) is 0 Å². The number of alkyl halides is 3. The van der Waals surface area contributed by atoms with Gasteiger partial charge in [-0.2, -0.15) is 18.2 Å². The van der Waals surface area contributed by atoms with Gasteiger partial charge in [0, 0.05) is 18.1 Å². The molecule has 0 amide bonds. The molecule has 1 aliphatic rings. The van der Waals surface area contributed by atoms with Crippen molar-refractivity contribution in [2.45, 2.75) is 6.18 Å². The Kier molecular flexibility index (Phi) is 2.45. The molecule has 1 aliphatic heterocycles. The summed E-state index contributed by atoms with van der Waals surface area (Å²) in [6.07, 6.45) is -4.15. The summed E-state index contributed by atoms with van der Waals surface area (Å²) in [5.74, 6) is -1.30. The van der Waals surface area contributed by atoms with Crippen molar-refractivity contribution in [1.82, 2.24) is 4.98 Å². The highest BCUT2D eigenvalue weighted by Crippen LogP contribution is 2.36. The summed E-state index contributed by atoms with van der Waals surface area (Å²) in [5.41, 5.74) is 1.07. The second kappa shape index (κ2) is 3.78. The zero-order valence-electron chi connectivity index (χ0n) is 9.04. The molecule has 3 nitrogen and oxygen atoms in total. The van der Waals surface area contributed by atoms with Crippen LogP contribution < -0.4 is 4.90 Å². The minimum absolute atomic E-state index is 0.107. The van der Waals surface area contributed by atoms with Crippen LogP contribution in [0, 0.1) is 5.92 Å². The number of rotatable bonds is 1. The monoisotopic (exact) mass is 276 g/mol. The third-order valence-corrected chi connectivity index (χ3v) is 3.19. The van der Waals surface area contributed by atoms with Crippen molar-refractivity contribution >= 4 is 28.7 Å². The fourth-order valence-electron chi connectivity index (χ4n) is 1.87. The maximum absolute atomic E-state index is 12.4. The third kappa shape index (κ3) is 1.90. The molecule has 0 atom stereocenters. The summed E-state index contributed by atoms with van der Waals surface area (Å²) in [6.45, 7) is -0.214. The molecule has 1 aromatic carbocycles. The summed E-state index contributed by atoms with van der Waals surface area (Å²) >= 11 is 5.79. The molecule has 0 spiro atoms. The summed E-state index contributed by atoms with van der Waals surface area (Å²) in [5, 5.41) is 0.513. The molecule has 0 bridgehead atoms. The van der Waals surface area contributed by atoms with E-state index in [1.54, 1.807) is 18.2 Å². The first-order valence-corrected chi connectivity index (χ1v) is 5.69. The van der Waals surface area contributed by atoms with Crippen LogP contribution in [0.25, 0.3) is 11.1 Å². The van der Waals surface area contributed by atoms with Gasteiger partial charge in [0.25, 0.3) is 6.01 Å². The SMILES string of the molecule is FC(F)(F)C1CN(c2nc3cc(Cl)ccc3o2)C1. The van der Waals surface area contributed by atoms with E-state index in [2.05, 4.69) is 4.98 Å². The van der Waals surface area contributed by atoms with Gasteiger partial charge in [0.15, 0.2) is 5.58 Å². The molecule has 1 aromatic heterocycles. The standard InChI is InChI=1S/C11H8ClF3N2O/c12-7-1-2-9-8(3-7)16-10(18-9)17-4-6(5-17)11(13,14)15/h1-3,6H,4-5H2. The first kappa shape index (κ1) is 11.6. The number of halogens is 4. The number of nitrogens with zero attached hydrogens (tertiary/aromatic N) is 2. The Balaban J connectivity index is 1.81. The van der Waals surface area contributed by atoms with E-state index in [4.69, 9.17) is 16.0 Å². The first-order chi connectivity index (χ1) is 8.43. The quantitative estimate of drug-likeness (QED) is 0.798. The second-order valence-corrected chi connectivity index (χ2v) is 4.69. The summed E-state index contributed by atoms with van der Waals surface area (Å²) in [7, 11) is 0. The molecule has 0 unspecified atom stereocenters. The molecule has 2 aromatic rings. The van der Waals surface area contributed by atoms with Crippen LogP contribution in [0.15, 0.2) is 22.6 Å². The maximum Gasteiger partial charge on any atom is 0.395 e. The molecule has 1 saturated heterocycles. The highest BCUT2D eigenvalue weighted by molar-refractivity contribution is 6.31. The average Bonchev–Trinajstić information content (AvgIpc) is 2.55. The smallest absolute Gasteiger partial charge is 0.395 e. The Hall–Kier alpha value is -1.43. The Labute approximate surface area is 105 Å². The first-order valence-electron chi connectivity index (χ1n) is 5.31. The second-order valence-electron chi connectivity index (χ2n) is 4.25. The highest BCUT2D eigenvalue weighted by atomic mass is 35.5. The molecule has 0 radical (unpaired) electrons. The number of oxazole rings is 1. The van der Waals surface area contributed by atoms with Crippen molar-refractivity contribution in [2.24, 2.45) is 5.92 Å². The minimum Gasteiger partial charge on any atom is -0.423 e. The van der Waals surface area contributed by atoms with Crippen molar-refractivity contribution in [3.63, 3.8) is 0 Å². The van der Waals surface area contributed by atoms with E-state index in [1.165, 1.54) is 4.90 Å². The van der Waals surface area contributed by atoms with Crippen molar-refractivity contribution < 1.29 is 17.6 Å². The number of anilines is 1. The summed E-state index contributed by atoms with van der Waals surface area (Å²) < 4.78 is 42.4. The molecule has 3 rings (SSSR count). The largest absolute Gasteiger partial charge is 0.423 e. The van der Waals surface area contributed by atoms with Crippen molar-refractivity contribution in [2.75, 3.05) is 18.0 Å². The van der Waals surface area contributed by atoms with Crippen LogP contribution in [0.1, 0.15) is 0 Å². The lowest BCUT2D eigenvalue weighted by atomic mass is 10.0. The van der Waals surface area contributed by atoms with Gasteiger partial charge < -0.3 is 9.32 Å². The van der Waals surface area contributed by atoms with E-state index >= 15 is 0 Å². The van der Waals surface area contributed by atoms with E-state index in [0.717, 1.165) is 0 Å². The number of benzene rings is 1. The molecular formula is C11H8ClF3N2O. The Morgan fingerprint density at radius 2 is 2.06 bits per heavy atom. The Bertz CT molecular complexity index is 589. The van der Waals surface area contributed by atoms with Gasteiger partial charge in [0.2, 0.25) is 0 Å². The normalized spacial score (nSPS) is 17.2. The van der Waals surface area contributed by atoms with Crippen molar-refractivity contribution in [3.05, 3.63) is 23.2 Å². The van der Waals surface area contributed by atoms with Crippen molar-refractivity contribution in [3.8, 4) is 0 Å². The van der Waals surface area contributed by atoms with Gasteiger partial charge >= 0.3 is 6.18 Å².